The summed E-state index contributed by atoms with van der Waals surface area (Å²) < 4.78 is 0. The van der Waals surface area contributed by atoms with Gasteiger partial charge in [0.15, 0.2) is 0 Å². The molecular formula is C24H25BN5OP. The van der Waals surface area contributed by atoms with E-state index in [1.165, 1.54) is 0 Å². The molecule has 0 saturated carbocycles. The SMILES string of the molecule is [B]C1(P)CN(c2cc(C(=O)Nc3cc4cc(/C(=C/C)N(C)C=C)ccc4cn3)ccn2)C1. The normalized spacial score (nSPS) is 15.2. The van der Waals surface area contributed by atoms with Crippen molar-refractivity contribution in [1.29, 1.82) is 0 Å². The summed E-state index contributed by atoms with van der Waals surface area (Å²) in [5.41, 5.74) is 2.63. The Hall–Kier alpha value is -3.18. The summed E-state index contributed by atoms with van der Waals surface area (Å²) in [4.78, 5) is 25.6. The van der Waals surface area contributed by atoms with Crippen molar-refractivity contribution in [2.75, 3.05) is 30.4 Å². The lowest BCUT2D eigenvalue weighted by molar-refractivity contribution is 0.102. The standard InChI is InChI=1S/C24H25BN5OP/c1-4-20(29(3)5-2)16-6-7-18-13-27-21(11-19(18)10-16)28-23(31)17-8-9-26-22(12-17)30-14-24(25,32)15-30/h4-13H,2,14-15,32H2,1,3H3,(H,27,28,31)/b20-4-. The van der Waals surface area contributed by atoms with Gasteiger partial charge >= 0.3 is 0 Å². The fraction of sp³-hybridized carbons (Fsp3) is 0.208. The van der Waals surface area contributed by atoms with Crippen LogP contribution in [0.4, 0.5) is 11.6 Å². The number of aromatic nitrogens is 2. The molecule has 1 aromatic carbocycles. The number of carbonyl (C=O) groups is 1. The highest BCUT2D eigenvalue weighted by Crippen LogP contribution is 2.31. The van der Waals surface area contributed by atoms with Crippen molar-refractivity contribution in [2.24, 2.45) is 0 Å². The Morgan fingerprint density at radius 3 is 2.69 bits per heavy atom. The summed E-state index contributed by atoms with van der Waals surface area (Å²) >= 11 is 0. The van der Waals surface area contributed by atoms with Crippen LogP contribution in [0.5, 0.6) is 0 Å². The lowest BCUT2D eigenvalue weighted by Gasteiger charge is -2.47. The van der Waals surface area contributed by atoms with Gasteiger partial charge in [-0.3, -0.25) is 4.79 Å². The van der Waals surface area contributed by atoms with Crippen molar-refractivity contribution in [3.8, 4) is 0 Å². The van der Waals surface area contributed by atoms with Gasteiger partial charge in [-0.25, -0.2) is 9.97 Å². The molecule has 1 unspecified atom stereocenters. The van der Waals surface area contributed by atoms with Crippen LogP contribution in [0.2, 0.25) is 0 Å². The van der Waals surface area contributed by atoms with Crippen molar-refractivity contribution >= 4 is 51.1 Å². The molecule has 160 valence electrons. The number of benzene rings is 1. The number of rotatable bonds is 6. The molecule has 0 bridgehead atoms. The molecule has 3 heterocycles. The predicted molar refractivity (Wildman–Crippen MR) is 136 cm³/mol. The maximum Gasteiger partial charge on any atom is 0.257 e. The molecule has 2 aromatic heterocycles. The topological polar surface area (TPSA) is 61.4 Å². The molecule has 1 aliphatic rings. The van der Waals surface area contributed by atoms with Crippen LogP contribution in [0, 0.1) is 0 Å². The number of pyridine rings is 2. The molecule has 0 aliphatic carbocycles. The van der Waals surface area contributed by atoms with Crippen molar-refractivity contribution < 1.29 is 4.79 Å². The predicted octanol–water partition coefficient (Wildman–Crippen LogP) is 3.88. The highest BCUT2D eigenvalue weighted by molar-refractivity contribution is 7.22. The summed E-state index contributed by atoms with van der Waals surface area (Å²) in [6.07, 6.45) is 7.21. The summed E-state index contributed by atoms with van der Waals surface area (Å²) in [7, 11) is 10.7. The Morgan fingerprint density at radius 1 is 1.22 bits per heavy atom. The van der Waals surface area contributed by atoms with E-state index >= 15 is 0 Å². The molecule has 1 N–H and O–H groups in total. The number of nitrogens with one attached hydrogen (secondary N) is 1. The fourth-order valence-electron chi connectivity index (χ4n) is 3.79. The van der Waals surface area contributed by atoms with Gasteiger partial charge in [0.05, 0.1) is 7.85 Å². The van der Waals surface area contributed by atoms with Crippen LogP contribution in [-0.2, 0) is 0 Å². The number of hydrogen-bond acceptors (Lipinski definition) is 5. The second-order valence-electron chi connectivity index (χ2n) is 8.04. The molecular weight excluding hydrogens is 416 g/mol. The van der Waals surface area contributed by atoms with Gasteiger partial charge in [-0.15, -0.1) is 9.24 Å². The number of anilines is 2. The summed E-state index contributed by atoms with van der Waals surface area (Å²) in [6.45, 7) is 7.19. The molecule has 1 atom stereocenters. The summed E-state index contributed by atoms with van der Waals surface area (Å²) in [6, 6.07) is 11.5. The van der Waals surface area contributed by atoms with Crippen LogP contribution in [0.3, 0.4) is 0 Å². The molecule has 0 spiro atoms. The van der Waals surface area contributed by atoms with Crippen molar-refractivity contribution in [1.82, 2.24) is 14.9 Å². The van der Waals surface area contributed by atoms with E-state index < -0.39 is 0 Å². The average molecular weight is 441 g/mol. The minimum absolute atomic E-state index is 0.234. The molecule has 1 saturated heterocycles. The first-order valence-electron chi connectivity index (χ1n) is 10.3. The molecule has 1 fully saturated rings. The van der Waals surface area contributed by atoms with Gasteiger partial charge in [0.1, 0.15) is 11.6 Å². The number of allylic oxidation sites excluding steroid dienone is 1. The highest BCUT2D eigenvalue weighted by Gasteiger charge is 2.34. The first-order valence-corrected chi connectivity index (χ1v) is 10.9. The first-order chi connectivity index (χ1) is 15.3. The lowest BCUT2D eigenvalue weighted by atomic mass is 9.79. The Labute approximate surface area is 192 Å². The third-order valence-corrected chi connectivity index (χ3v) is 5.85. The highest BCUT2D eigenvalue weighted by atomic mass is 31.0. The van der Waals surface area contributed by atoms with Gasteiger partial charge in [0.25, 0.3) is 5.91 Å². The molecule has 1 aliphatic heterocycles. The average Bonchev–Trinajstić information content (AvgIpc) is 2.77. The Bertz CT molecular complexity index is 1220. The second-order valence-corrected chi connectivity index (χ2v) is 9.19. The zero-order valence-corrected chi connectivity index (χ0v) is 19.4. The molecule has 8 heteroatoms. The van der Waals surface area contributed by atoms with Crippen LogP contribution in [0.1, 0.15) is 22.8 Å². The molecule has 2 radical (unpaired) electrons. The van der Waals surface area contributed by atoms with Crippen LogP contribution < -0.4 is 10.2 Å². The molecule has 4 rings (SSSR count). The second kappa shape index (κ2) is 8.75. The van der Waals surface area contributed by atoms with Crippen LogP contribution in [0.15, 0.2) is 67.6 Å². The smallest absolute Gasteiger partial charge is 0.257 e. The number of hydrogen-bond donors (Lipinski definition) is 1. The summed E-state index contributed by atoms with van der Waals surface area (Å²) in [5, 5.41) is 4.59. The third-order valence-electron chi connectivity index (χ3n) is 5.49. The van der Waals surface area contributed by atoms with Crippen molar-refractivity contribution in [3.63, 3.8) is 0 Å². The van der Waals surface area contributed by atoms with Crippen molar-refractivity contribution in [3.05, 3.63) is 78.8 Å². The van der Waals surface area contributed by atoms with Crippen LogP contribution in [-0.4, -0.2) is 53.8 Å². The van der Waals surface area contributed by atoms with Gasteiger partial charge < -0.3 is 15.1 Å². The third kappa shape index (κ3) is 4.53. The minimum Gasteiger partial charge on any atom is -0.356 e. The molecule has 3 aromatic rings. The molecule has 6 nitrogen and oxygen atoms in total. The van der Waals surface area contributed by atoms with E-state index in [1.54, 1.807) is 30.7 Å². The zero-order valence-electron chi connectivity index (χ0n) is 18.2. The van der Waals surface area contributed by atoms with E-state index in [1.807, 2.05) is 42.0 Å². The minimum atomic E-state index is -0.291. The van der Waals surface area contributed by atoms with E-state index in [2.05, 4.69) is 43.2 Å². The van der Waals surface area contributed by atoms with Gasteiger partial charge in [0, 0.05) is 49.2 Å². The van der Waals surface area contributed by atoms with Gasteiger partial charge in [-0.1, -0.05) is 24.8 Å². The number of fused-ring (bicyclic) bond motifs is 1. The fourth-order valence-corrected chi connectivity index (χ4v) is 4.23. The van der Waals surface area contributed by atoms with Crippen LogP contribution >= 0.6 is 9.24 Å². The molecule has 1 amide bonds. The van der Waals surface area contributed by atoms with Gasteiger partial charge in [-0.05, 0) is 53.4 Å². The van der Waals surface area contributed by atoms with Gasteiger partial charge in [-0.2, -0.15) is 0 Å². The first kappa shape index (κ1) is 22.0. The Morgan fingerprint density at radius 2 is 2.00 bits per heavy atom. The van der Waals surface area contributed by atoms with E-state index in [-0.39, 0.29) is 11.0 Å². The van der Waals surface area contributed by atoms with Gasteiger partial charge in [0.2, 0.25) is 0 Å². The number of amides is 1. The maximum absolute atomic E-state index is 12.9. The number of nitrogens with zero attached hydrogens (tertiary/aromatic N) is 4. The van der Waals surface area contributed by atoms with Crippen LogP contribution in [0.25, 0.3) is 16.5 Å². The van der Waals surface area contributed by atoms with Crippen molar-refractivity contribution in [2.45, 2.75) is 12.0 Å². The lowest BCUT2D eigenvalue weighted by Crippen LogP contribution is -2.58. The quantitative estimate of drug-likeness (QED) is 0.465. The van der Waals surface area contributed by atoms with E-state index in [0.717, 1.165) is 27.9 Å². The Balaban J connectivity index is 1.55. The van der Waals surface area contributed by atoms with E-state index in [0.29, 0.717) is 24.5 Å². The zero-order chi connectivity index (χ0) is 22.9. The monoisotopic (exact) mass is 441 g/mol. The van der Waals surface area contributed by atoms with E-state index in [4.69, 9.17) is 7.85 Å². The maximum atomic E-state index is 12.9. The Kier molecular flexibility index (Phi) is 6.03. The largest absolute Gasteiger partial charge is 0.356 e. The molecule has 32 heavy (non-hydrogen) atoms. The number of carbonyl (C=O) groups excluding carboxylic acids is 1. The van der Waals surface area contributed by atoms with E-state index in [9.17, 15) is 4.79 Å². The summed E-state index contributed by atoms with van der Waals surface area (Å²) in [5.74, 6) is 0.997.